The number of carbonyl (C=O) groups excluding carboxylic acids is 1. The molecule has 0 aliphatic carbocycles. The van der Waals surface area contributed by atoms with E-state index in [4.69, 9.17) is 5.26 Å². The lowest BCUT2D eigenvalue weighted by atomic mass is 9.86. The Hall–Kier alpha value is -2.87. The monoisotopic (exact) mass is 388 g/mol. The van der Waals surface area contributed by atoms with Crippen LogP contribution in [0.3, 0.4) is 0 Å². The SMILES string of the molecule is N#Cc1ccc(N2CCC([C@H]3CCCCCN3C(=O)c3ccccc3)CC2)nc1. The summed E-state index contributed by atoms with van der Waals surface area (Å²) in [5, 5.41) is 8.96. The number of benzene rings is 1. The van der Waals surface area contributed by atoms with Crippen molar-refractivity contribution in [2.75, 3.05) is 24.5 Å². The summed E-state index contributed by atoms with van der Waals surface area (Å²) < 4.78 is 0. The maximum absolute atomic E-state index is 13.2. The topological polar surface area (TPSA) is 60.2 Å². The van der Waals surface area contributed by atoms with E-state index >= 15 is 0 Å². The van der Waals surface area contributed by atoms with Gasteiger partial charge in [-0.3, -0.25) is 4.79 Å². The second kappa shape index (κ2) is 9.09. The highest BCUT2D eigenvalue weighted by molar-refractivity contribution is 5.94. The first-order valence-corrected chi connectivity index (χ1v) is 10.7. The summed E-state index contributed by atoms with van der Waals surface area (Å²) in [7, 11) is 0. The molecule has 4 rings (SSSR count). The molecular weight excluding hydrogens is 360 g/mol. The quantitative estimate of drug-likeness (QED) is 0.788. The minimum Gasteiger partial charge on any atom is -0.357 e. The largest absolute Gasteiger partial charge is 0.357 e. The van der Waals surface area contributed by atoms with Crippen molar-refractivity contribution in [1.29, 1.82) is 5.26 Å². The lowest BCUT2D eigenvalue weighted by Gasteiger charge is -2.41. The molecule has 1 aromatic carbocycles. The Kier molecular flexibility index (Phi) is 6.09. The average Bonchev–Trinajstić information content (AvgIpc) is 3.05. The molecule has 3 heterocycles. The summed E-state index contributed by atoms with van der Waals surface area (Å²) in [6.45, 7) is 2.77. The van der Waals surface area contributed by atoms with Gasteiger partial charge in [0.1, 0.15) is 11.9 Å². The summed E-state index contributed by atoms with van der Waals surface area (Å²) >= 11 is 0. The number of amides is 1. The standard InChI is InChI=1S/C24H28N4O/c25-17-19-10-11-23(26-18-19)27-15-12-20(13-16-27)22-9-5-2-6-14-28(22)24(29)21-7-3-1-4-8-21/h1,3-4,7-8,10-11,18,20,22H,2,5-6,9,12-16H2/t22-/m1/s1. The van der Waals surface area contributed by atoms with Crippen molar-refractivity contribution in [1.82, 2.24) is 9.88 Å². The van der Waals surface area contributed by atoms with E-state index in [1.165, 1.54) is 12.8 Å². The van der Waals surface area contributed by atoms with Crippen LogP contribution in [0.1, 0.15) is 54.4 Å². The van der Waals surface area contributed by atoms with E-state index in [0.717, 1.165) is 56.7 Å². The number of piperidine rings is 1. The number of pyridine rings is 1. The molecule has 2 aliphatic rings. The molecule has 5 heteroatoms. The maximum Gasteiger partial charge on any atom is 0.254 e. The summed E-state index contributed by atoms with van der Waals surface area (Å²) in [6, 6.07) is 16.0. The van der Waals surface area contributed by atoms with Crippen molar-refractivity contribution in [2.45, 2.75) is 44.6 Å². The van der Waals surface area contributed by atoms with Crippen molar-refractivity contribution in [3.8, 4) is 6.07 Å². The fraction of sp³-hybridized carbons (Fsp3) is 0.458. The van der Waals surface area contributed by atoms with Gasteiger partial charge in [0.15, 0.2) is 0 Å². The molecule has 2 aliphatic heterocycles. The van der Waals surface area contributed by atoms with Crippen LogP contribution in [0.5, 0.6) is 0 Å². The molecule has 0 radical (unpaired) electrons. The average molecular weight is 389 g/mol. The van der Waals surface area contributed by atoms with E-state index in [1.807, 2.05) is 42.5 Å². The lowest BCUT2D eigenvalue weighted by Crippen LogP contribution is -2.48. The summed E-state index contributed by atoms with van der Waals surface area (Å²) in [5.41, 5.74) is 1.40. The molecule has 1 atom stereocenters. The van der Waals surface area contributed by atoms with Gasteiger partial charge in [-0.1, -0.05) is 31.0 Å². The molecule has 0 bridgehead atoms. The predicted octanol–water partition coefficient (Wildman–Crippen LogP) is 4.25. The first-order chi connectivity index (χ1) is 14.3. The first kappa shape index (κ1) is 19.4. The van der Waals surface area contributed by atoms with Crippen LogP contribution >= 0.6 is 0 Å². The van der Waals surface area contributed by atoms with Gasteiger partial charge in [0.25, 0.3) is 5.91 Å². The van der Waals surface area contributed by atoms with Crippen LogP contribution in [-0.2, 0) is 0 Å². The van der Waals surface area contributed by atoms with Crippen LogP contribution < -0.4 is 4.90 Å². The van der Waals surface area contributed by atoms with Crippen LogP contribution in [0.4, 0.5) is 5.82 Å². The Morgan fingerprint density at radius 2 is 1.76 bits per heavy atom. The number of likely N-dealkylation sites (tertiary alicyclic amines) is 1. The van der Waals surface area contributed by atoms with Gasteiger partial charge in [-0.15, -0.1) is 0 Å². The van der Waals surface area contributed by atoms with Gasteiger partial charge in [-0.2, -0.15) is 5.26 Å². The molecule has 0 unspecified atom stereocenters. The highest BCUT2D eigenvalue weighted by Gasteiger charge is 2.34. The second-order valence-electron chi connectivity index (χ2n) is 8.12. The van der Waals surface area contributed by atoms with Crippen molar-refractivity contribution in [2.24, 2.45) is 5.92 Å². The van der Waals surface area contributed by atoms with E-state index in [1.54, 1.807) is 6.20 Å². The highest BCUT2D eigenvalue weighted by Crippen LogP contribution is 2.32. The number of nitriles is 1. The summed E-state index contributed by atoms with van der Waals surface area (Å²) in [6.07, 6.45) is 8.42. The predicted molar refractivity (Wildman–Crippen MR) is 114 cm³/mol. The van der Waals surface area contributed by atoms with Gasteiger partial charge in [0.2, 0.25) is 0 Å². The molecule has 1 aromatic heterocycles. The van der Waals surface area contributed by atoms with Crippen molar-refractivity contribution < 1.29 is 4.79 Å². The lowest BCUT2D eigenvalue weighted by molar-refractivity contribution is 0.0588. The molecule has 29 heavy (non-hydrogen) atoms. The number of aromatic nitrogens is 1. The van der Waals surface area contributed by atoms with Crippen LogP contribution in [0, 0.1) is 17.2 Å². The number of hydrogen-bond donors (Lipinski definition) is 0. The number of anilines is 1. The third kappa shape index (κ3) is 4.42. The molecule has 2 aromatic rings. The Labute approximate surface area is 173 Å². The van der Waals surface area contributed by atoms with Crippen LogP contribution in [0.2, 0.25) is 0 Å². The molecule has 2 saturated heterocycles. The third-order valence-corrected chi connectivity index (χ3v) is 6.37. The van der Waals surface area contributed by atoms with Crippen LogP contribution in [0.15, 0.2) is 48.7 Å². The fourth-order valence-electron chi connectivity index (χ4n) is 4.78. The fourth-order valence-corrected chi connectivity index (χ4v) is 4.78. The number of hydrogen-bond acceptors (Lipinski definition) is 4. The molecular formula is C24H28N4O. The van der Waals surface area contributed by atoms with Gasteiger partial charge in [0.05, 0.1) is 5.56 Å². The zero-order valence-corrected chi connectivity index (χ0v) is 16.8. The highest BCUT2D eigenvalue weighted by atomic mass is 16.2. The van der Waals surface area contributed by atoms with E-state index in [-0.39, 0.29) is 5.91 Å². The summed E-state index contributed by atoms with van der Waals surface area (Å²) in [4.78, 5) is 22.2. The van der Waals surface area contributed by atoms with E-state index < -0.39 is 0 Å². The molecule has 5 nitrogen and oxygen atoms in total. The van der Waals surface area contributed by atoms with Gasteiger partial charge in [-0.25, -0.2) is 4.98 Å². The van der Waals surface area contributed by atoms with Crippen molar-refractivity contribution >= 4 is 11.7 Å². The van der Waals surface area contributed by atoms with Crippen LogP contribution in [0.25, 0.3) is 0 Å². The maximum atomic E-state index is 13.2. The van der Waals surface area contributed by atoms with E-state index in [0.29, 0.717) is 17.5 Å². The minimum atomic E-state index is 0.189. The normalized spacial score (nSPS) is 20.7. The minimum absolute atomic E-state index is 0.189. The molecule has 1 amide bonds. The molecule has 0 spiro atoms. The molecule has 0 saturated carbocycles. The van der Waals surface area contributed by atoms with Gasteiger partial charge in [0, 0.05) is 37.4 Å². The Morgan fingerprint density at radius 1 is 0.966 bits per heavy atom. The first-order valence-electron chi connectivity index (χ1n) is 10.7. The zero-order chi connectivity index (χ0) is 20.1. The molecule has 150 valence electrons. The van der Waals surface area contributed by atoms with Gasteiger partial charge in [-0.05, 0) is 55.9 Å². The van der Waals surface area contributed by atoms with E-state index in [9.17, 15) is 4.79 Å². The molecule has 0 N–H and O–H groups in total. The van der Waals surface area contributed by atoms with E-state index in [2.05, 4.69) is 20.9 Å². The zero-order valence-electron chi connectivity index (χ0n) is 16.8. The Morgan fingerprint density at radius 3 is 2.45 bits per heavy atom. The Balaban J connectivity index is 1.44. The van der Waals surface area contributed by atoms with Crippen molar-refractivity contribution in [3.63, 3.8) is 0 Å². The van der Waals surface area contributed by atoms with Crippen molar-refractivity contribution in [3.05, 3.63) is 59.8 Å². The number of carbonyl (C=O) groups is 1. The summed E-state index contributed by atoms with van der Waals surface area (Å²) in [5.74, 6) is 1.67. The third-order valence-electron chi connectivity index (χ3n) is 6.37. The van der Waals surface area contributed by atoms with Gasteiger partial charge < -0.3 is 9.80 Å². The van der Waals surface area contributed by atoms with Gasteiger partial charge >= 0.3 is 0 Å². The number of nitrogens with zero attached hydrogens (tertiary/aromatic N) is 4. The number of rotatable bonds is 3. The Bertz CT molecular complexity index is 851. The van der Waals surface area contributed by atoms with Crippen LogP contribution in [-0.4, -0.2) is 41.5 Å². The second-order valence-corrected chi connectivity index (χ2v) is 8.12. The smallest absolute Gasteiger partial charge is 0.254 e. The molecule has 2 fully saturated rings.